The van der Waals surface area contributed by atoms with Crippen molar-refractivity contribution in [3.8, 4) is 0 Å². The van der Waals surface area contributed by atoms with Gasteiger partial charge in [-0.15, -0.1) is 0 Å². The van der Waals surface area contributed by atoms with Crippen molar-refractivity contribution in [2.45, 2.75) is 37.6 Å². The number of anilines is 1. The molecule has 2 rings (SSSR count). The van der Waals surface area contributed by atoms with Gasteiger partial charge in [-0.25, -0.2) is 18.1 Å². The minimum atomic E-state index is -3.48. The maximum absolute atomic E-state index is 12.0. The second-order valence-corrected chi connectivity index (χ2v) is 7.39. The van der Waals surface area contributed by atoms with Gasteiger partial charge in [0.15, 0.2) is 0 Å². The molecule has 0 radical (unpaired) electrons. The maximum Gasteiger partial charge on any atom is 0.242 e. The van der Waals surface area contributed by atoms with Gasteiger partial charge in [0.25, 0.3) is 0 Å². The molecule has 0 amide bonds. The minimum absolute atomic E-state index is 0.143. The Hall–Kier alpha value is -1.92. The van der Waals surface area contributed by atoms with Gasteiger partial charge >= 0.3 is 0 Å². The number of hydrogen-bond donors (Lipinski definition) is 2. The second kappa shape index (κ2) is 8.08. The molecule has 0 aliphatic rings. The smallest absolute Gasteiger partial charge is 0.242 e. The molecule has 0 spiro atoms. The predicted molar refractivity (Wildman–Crippen MR) is 92.9 cm³/mol. The first-order chi connectivity index (χ1) is 11.0. The van der Waals surface area contributed by atoms with E-state index in [0.717, 1.165) is 19.4 Å². The van der Waals surface area contributed by atoms with E-state index >= 15 is 0 Å². The Kier molecular flexibility index (Phi) is 6.12. The standard InChI is InChI=1S/C17H23N3O2S/c1-14(2)20-23(21,22)16-10-11-17(19-13-16)18-12-6-9-15-7-4-3-5-8-15/h3-5,7-8,10-11,13-14,20H,6,9,12H2,1-2H3,(H,18,19). The molecule has 0 fully saturated rings. The van der Waals surface area contributed by atoms with Gasteiger partial charge in [0.05, 0.1) is 0 Å². The lowest BCUT2D eigenvalue weighted by Crippen LogP contribution is -2.30. The Morgan fingerprint density at radius 1 is 1.09 bits per heavy atom. The van der Waals surface area contributed by atoms with Crippen LogP contribution in [0, 0.1) is 0 Å². The van der Waals surface area contributed by atoms with Crippen molar-refractivity contribution in [1.29, 1.82) is 0 Å². The summed E-state index contributed by atoms with van der Waals surface area (Å²) in [7, 11) is -3.48. The number of aryl methyl sites for hydroxylation is 1. The average molecular weight is 333 g/mol. The first kappa shape index (κ1) is 17.4. The summed E-state index contributed by atoms with van der Waals surface area (Å²) in [4.78, 5) is 4.35. The van der Waals surface area contributed by atoms with Crippen LogP contribution in [-0.4, -0.2) is 26.0 Å². The number of rotatable bonds is 8. The lowest BCUT2D eigenvalue weighted by atomic mass is 10.1. The summed E-state index contributed by atoms with van der Waals surface area (Å²) in [6.07, 6.45) is 3.36. The van der Waals surface area contributed by atoms with Crippen molar-refractivity contribution in [2.75, 3.05) is 11.9 Å². The van der Waals surface area contributed by atoms with Crippen LogP contribution in [0.15, 0.2) is 53.6 Å². The summed E-state index contributed by atoms with van der Waals surface area (Å²) in [6, 6.07) is 13.4. The van der Waals surface area contributed by atoms with Crippen molar-refractivity contribution >= 4 is 15.8 Å². The summed E-state index contributed by atoms with van der Waals surface area (Å²) >= 11 is 0. The molecule has 0 bridgehead atoms. The van der Waals surface area contributed by atoms with Crippen LogP contribution in [0.1, 0.15) is 25.8 Å². The van der Waals surface area contributed by atoms with Crippen molar-refractivity contribution in [3.63, 3.8) is 0 Å². The number of pyridine rings is 1. The largest absolute Gasteiger partial charge is 0.370 e. The van der Waals surface area contributed by atoms with E-state index < -0.39 is 10.0 Å². The van der Waals surface area contributed by atoms with Crippen molar-refractivity contribution in [1.82, 2.24) is 9.71 Å². The average Bonchev–Trinajstić information content (AvgIpc) is 2.52. The minimum Gasteiger partial charge on any atom is -0.370 e. The zero-order chi connectivity index (χ0) is 16.7. The normalized spacial score (nSPS) is 11.6. The lowest BCUT2D eigenvalue weighted by molar-refractivity contribution is 0.569. The van der Waals surface area contributed by atoms with E-state index in [9.17, 15) is 8.42 Å². The van der Waals surface area contributed by atoms with E-state index in [-0.39, 0.29) is 10.9 Å². The van der Waals surface area contributed by atoms with Crippen LogP contribution >= 0.6 is 0 Å². The van der Waals surface area contributed by atoms with E-state index in [2.05, 4.69) is 27.2 Å². The van der Waals surface area contributed by atoms with Crippen LogP contribution in [-0.2, 0) is 16.4 Å². The van der Waals surface area contributed by atoms with Crippen LogP contribution in [0.2, 0.25) is 0 Å². The number of hydrogen-bond acceptors (Lipinski definition) is 4. The van der Waals surface area contributed by atoms with Crippen molar-refractivity contribution in [2.24, 2.45) is 0 Å². The fourth-order valence-corrected chi connectivity index (χ4v) is 3.37. The van der Waals surface area contributed by atoms with Crippen molar-refractivity contribution < 1.29 is 8.42 Å². The second-order valence-electron chi connectivity index (χ2n) is 5.67. The molecule has 23 heavy (non-hydrogen) atoms. The molecule has 2 N–H and O–H groups in total. The van der Waals surface area contributed by atoms with Gasteiger partial charge in [-0.2, -0.15) is 0 Å². The molecule has 0 aliphatic carbocycles. The monoisotopic (exact) mass is 333 g/mol. The van der Waals surface area contributed by atoms with E-state index in [4.69, 9.17) is 0 Å². The van der Waals surface area contributed by atoms with Crippen LogP contribution in [0.25, 0.3) is 0 Å². The van der Waals surface area contributed by atoms with Gasteiger partial charge in [0, 0.05) is 18.8 Å². The highest BCUT2D eigenvalue weighted by molar-refractivity contribution is 7.89. The zero-order valence-corrected chi connectivity index (χ0v) is 14.3. The molecule has 124 valence electrons. The lowest BCUT2D eigenvalue weighted by Gasteiger charge is -2.10. The molecule has 0 saturated carbocycles. The van der Waals surface area contributed by atoms with Gasteiger partial charge in [0.1, 0.15) is 10.7 Å². The topological polar surface area (TPSA) is 71.1 Å². The van der Waals surface area contributed by atoms with Gasteiger partial charge in [-0.05, 0) is 44.4 Å². The number of aromatic nitrogens is 1. The quantitative estimate of drug-likeness (QED) is 0.729. The molecule has 0 saturated heterocycles. The summed E-state index contributed by atoms with van der Waals surface area (Å²) in [5.74, 6) is 0.682. The first-order valence-electron chi connectivity index (χ1n) is 7.73. The molecule has 0 unspecified atom stereocenters. The fourth-order valence-electron chi connectivity index (χ4n) is 2.18. The molecule has 1 aromatic heterocycles. The molecular formula is C17H23N3O2S. The Morgan fingerprint density at radius 3 is 2.43 bits per heavy atom. The van der Waals surface area contributed by atoms with E-state index in [1.165, 1.54) is 11.8 Å². The van der Waals surface area contributed by atoms with Gasteiger partial charge < -0.3 is 5.32 Å². The molecule has 6 heteroatoms. The first-order valence-corrected chi connectivity index (χ1v) is 9.22. The predicted octanol–water partition coefficient (Wildman–Crippen LogP) is 2.81. The highest BCUT2D eigenvalue weighted by atomic mass is 32.2. The van der Waals surface area contributed by atoms with Crippen molar-refractivity contribution in [3.05, 3.63) is 54.2 Å². The maximum atomic E-state index is 12.0. The fraction of sp³-hybridized carbons (Fsp3) is 0.353. The Morgan fingerprint density at radius 2 is 1.83 bits per heavy atom. The van der Waals surface area contributed by atoms with Crippen LogP contribution < -0.4 is 10.0 Å². The van der Waals surface area contributed by atoms with E-state index in [0.29, 0.717) is 5.82 Å². The van der Waals surface area contributed by atoms with Crippen LogP contribution in [0.4, 0.5) is 5.82 Å². The SMILES string of the molecule is CC(C)NS(=O)(=O)c1ccc(NCCCc2ccccc2)nc1. The Labute approximate surface area is 138 Å². The molecule has 1 aromatic carbocycles. The van der Waals surface area contributed by atoms with Crippen LogP contribution in [0.5, 0.6) is 0 Å². The van der Waals surface area contributed by atoms with Crippen LogP contribution in [0.3, 0.4) is 0 Å². The zero-order valence-electron chi connectivity index (χ0n) is 13.5. The third kappa shape index (κ3) is 5.65. The number of benzene rings is 1. The van der Waals surface area contributed by atoms with Gasteiger partial charge in [0.2, 0.25) is 10.0 Å². The third-order valence-corrected chi connectivity index (χ3v) is 4.87. The Bertz CT molecular complexity index is 698. The highest BCUT2D eigenvalue weighted by Gasteiger charge is 2.15. The molecular weight excluding hydrogens is 310 g/mol. The van der Waals surface area contributed by atoms with E-state index in [1.807, 2.05) is 18.2 Å². The number of nitrogens with one attached hydrogen (secondary N) is 2. The molecule has 2 aromatic rings. The third-order valence-electron chi connectivity index (χ3n) is 3.23. The van der Waals surface area contributed by atoms with Gasteiger partial charge in [-0.3, -0.25) is 0 Å². The Balaban J connectivity index is 1.83. The molecule has 0 aliphatic heterocycles. The summed E-state index contributed by atoms with van der Waals surface area (Å²) in [5, 5.41) is 3.21. The number of sulfonamides is 1. The summed E-state index contributed by atoms with van der Waals surface area (Å²) in [5.41, 5.74) is 1.31. The highest BCUT2D eigenvalue weighted by Crippen LogP contribution is 2.11. The molecule has 0 atom stereocenters. The van der Waals surface area contributed by atoms with Gasteiger partial charge in [-0.1, -0.05) is 30.3 Å². The number of nitrogens with zero attached hydrogens (tertiary/aromatic N) is 1. The van der Waals surface area contributed by atoms with E-state index in [1.54, 1.807) is 26.0 Å². The molecule has 5 nitrogen and oxygen atoms in total. The molecule has 1 heterocycles. The summed E-state index contributed by atoms with van der Waals surface area (Å²) < 4.78 is 26.5. The summed E-state index contributed by atoms with van der Waals surface area (Å²) in [6.45, 7) is 4.36.